The van der Waals surface area contributed by atoms with Crippen molar-refractivity contribution in [3.8, 4) is 16.9 Å². The van der Waals surface area contributed by atoms with Gasteiger partial charge in [0.2, 0.25) is 0 Å². The van der Waals surface area contributed by atoms with Crippen molar-refractivity contribution in [2.24, 2.45) is 0 Å². The molecule has 6 heteroatoms. The number of hydrogen-bond donors (Lipinski definition) is 2. The second kappa shape index (κ2) is 9.39. The maximum Gasteiger partial charge on any atom is 0.155 e. The molecule has 3 rings (SSSR count). The number of nitrogens with zero attached hydrogens (tertiary/aromatic N) is 3. The van der Waals surface area contributed by atoms with Crippen molar-refractivity contribution in [3.63, 3.8) is 0 Å². The Morgan fingerprint density at radius 2 is 1.90 bits per heavy atom. The lowest BCUT2D eigenvalue weighted by molar-refractivity contribution is -0.113. The minimum atomic E-state index is 0.0892. The van der Waals surface area contributed by atoms with Gasteiger partial charge in [-0.15, -0.1) is 0 Å². The summed E-state index contributed by atoms with van der Waals surface area (Å²) in [5.74, 6) is 1.80. The number of para-hydroxylation sites is 1. The van der Waals surface area contributed by atoms with Gasteiger partial charge in [-0.1, -0.05) is 31.2 Å². The zero-order chi connectivity index (χ0) is 21.7. The fourth-order valence-corrected chi connectivity index (χ4v) is 3.61. The highest BCUT2D eigenvalue weighted by Gasteiger charge is 2.18. The van der Waals surface area contributed by atoms with E-state index >= 15 is 0 Å². The van der Waals surface area contributed by atoms with E-state index in [1.807, 2.05) is 68.3 Å². The number of anilines is 2. The van der Waals surface area contributed by atoms with Gasteiger partial charge in [0.25, 0.3) is 0 Å². The van der Waals surface area contributed by atoms with E-state index in [9.17, 15) is 4.79 Å². The van der Waals surface area contributed by atoms with Gasteiger partial charge in [0.05, 0.1) is 11.4 Å². The van der Waals surface area contributed by atoms with E-state index in [2.05, 4.69) is 28.6 Å². The quantitative estimate of drug-likeness (QED) is 0.529. The van der Waals surface area contributed by atoms with Gasteiger partial charge in [0.1, 0.15) is 11.6 Å². The van der Waals surface area contributed by atoms with Crippen LogP contribution < -0.4 is 10.6 Å². The van der Waals surface area contributed by atoms with Crippen molar-refractivity contribution in [2.45, 2.75) is 33.6 Å². The standard InChI is InChI=1S/C24H29N5O/c1-6-10-18(17(3)30)13-19-14-20(15-27-23(19)25-4)22-16(2)24(26-5)29(28-22)21-11-8-7-9-12-21/h7-12,14-15,26H,6,13H2,1-5H3,(H,25,27)/b18-10-. The molecule has 0 atom stereocenters. The van der Waals surface area contributed by atoms with Crippen molar-refractivity contribution < 1.29 is 4.79 Å². The second-order valence-corrected chi connectivity index (χ2v) is 7.17. The van der Waals surface area contributed by atoms with E-state index in [4.69, 9.17) is 5.10 Å². The van der Waals surface area contributed by atoms with E-state index in [1.54, 1.807) is 6.92 Å². The molecule has 1 aromatic carbocycles. The number of Topliss-reactive ketones (excluding diaryl/α,β-unsaturated/α-hetero) is 1. The van der Waals surface area contributed by atoms with Crippen LogP contribution in [-0.2, 0) is 11.2 Å². The van der Waals surface area contributed by atoms with Crippen LogP contribution in [0.5, 0.6) is 0 Å². The third kappa shape index (κ3) is 4.27. The first-order valence-corrected chi connectivity index (χ1v) is 10.2. The number of benzene rings is 1. The maximum atomic E-state index is 12.1. The van der Waals surface area contributed by atoms with Crippen molar-refractivity contribution in [1.29, 1.82) is 0 Å². The summed E-state index contributed by atoms with van der Waals surface area (Å²) in [6.07, 6.45) is 5.18. The molecule has 0 radical (unpaired) electrons. The molecule has 0 bridgehead atoms. The van der Waals surface area contributed by atoms with Gasteiger partial charge in [-0.3, -0.25) is 4.79 Å². The van der Waals surface area contributed by atoms with Crippen molar-refractivity contribution in [3.05, 3.63) is 65.4 Å². The Kier molecular flexibility index (Phi) is 6.67. The molecule has 2 N–H and O–H groups in total. The zero-order valence-electron chi connectivity index (χ0n) is 18.3. The lowest BCUT2D eigenvalue weighted by atomic mass is 9.99. The summed E-state index contributed by atoms with van der Waals surface area (Å²) < 4.78 is 1.91. The smallest absolute Gasteiger partial charge is 0.155 e. The van der Waals surface area contributed by atoms with Gasteiger partial charge in [-0.25, -0.2) is 9.67 Å². The van der Waals surface area contributed by atoms with Crippen molar-refractivity contribution in [2.75, 3.05) is 24.7 Å². The molecule has 0 aliphatic rings. The number of allylic oxidation sites excluding steroid dienone is 2. The predicted octanol–water partition coefficient (Wildman–Crippen LogP) is 4.79. The normalized spacial score (nSPS) is 11.4. The molecular formula is C24H29N5O. The van der Waals surface area contributed by atoms with Gasteiger partial charge in [-0.2, -0.15) is 5.10 Å². The number of rotatable bonds is 8. The molecule has 6 nitrogen and oxygen atoms in total. The highest BCUT2D eigenvalue weighted by atomic mass is 16.1. The molecule has 0 aliphatic carbocycles. The molecule has 156 valence electrons. The monoisotopic (exact) mass is 403 g/mol. The maximum absolute atomic E-state index is 12.1. The molecular weight excluding hydrogens is 374 g/mol. The molecule has 3 aromatic rings. The highest BCUT2D eigenvalue weighted by molar-refractivity contribution is 5.94. The SMILES string of the molecule is CC/C=C(/Cc1cc(-c2nn(-c3ccccc3)c(NC)c2C)cnc1NC)C(C)=O. The Labute approximate surface area is 178 Å². The summed E-state index contributed by atoms with van der Waals surface area (Å²) in [5, 5.41) is 11.3. The number of aromatic nitrogens is 3. The van der Waals surface area contributed by atoms with E-state index in [0.717, 1.165) is 51.7 Å². The van der Waals surface area contributed by atoms with Crippen LogP contribution in [0.2, 0.25) is 0 Å². The highest BCUT2D eigenvalue weighted by Crippen LogP contribution is 2.32. The average molecular weight is 404 g/mol. The van der Waals surface area contributed by atoms with Crippen LogP contribution in [0, 0.1) is 6.92 Å². The van der Waals surface area contributed by atoms with E-state index in [0.29, 0.717) is 6.42 Å². The largest absolute Gasteiger partial charge is 0.373 e. The summed E-state index contributed by atoms with van der Waals surface area (Å²) in [5.41, 5.74) is 5.60. The van der Waals surface area contributed by atoms with Crippen LogP contribution in [0.4, 0.5) is 11.6 Å². The molecule has 2 aromatic heterocycles. The number of carbonyl (C=O) groups is 1. The Morgan fingerprint density at radius 3 is 2.50 bits per heavy atom. The van der Waals surface area contributed by atoms with Crippen LogP contribution >= 0.6 is 0 Å². The number of pyridine rings is 1. The van der Waals surface area contributed by atoms with E-state index in [-0.39, 0.29) is 5.78 Å². The van der Waals surface area contributed by atoms with Crippen LogP contribution in [0.15, 0.2) is 54.2 Å². The number of ketones is 1. The van der Waals surface area contributed by atoms with Gasteiger partial charge in [0, 0.05) is 37.8 Å². The minimum Gasteiger partial charge on any atom is -0.373 e. The van der Waals surface area contributed by atoms with Crippen molar-refractivity contribution >= 4 is 17.4 Å². The lowest BCUT2D eigenvalue weighted by Gasteiger charge is -2.11. The van der Waals surface area contributed by atoms with Gasteiger partial charge in [-0.05, 0) is 49.6 Å². The Bertz CT molecular complexity index is 1070. The second-order valence-electron chi connectivity index (χ2n) is 7.17. The third-order valence-electron chi connectivity index (χ3n) is 5.12. The first-order valence-electron chi connectivity index (χ1n) is 10.2. The summed E-state index contributed by atoms with van der Waals surface area (Å²) in [4.78, 5) is 16.7. The van der Waals surface area contributed by atoms with Crippen molar-refractivity contribution in [1.82, 2.24) is 14.8 Å². The number of nitrogens with one attached hydrogen (secondary N) is 2. The van der Waals surface area contributed by atoms with Gasteiger partial charge < -0.3 is 10.6 Å². The molecule has 2 heterocycles. The Hall–Kier alpha value is -3.41. The minimum absolute atomic E-state index is 0.0892. The number of carbonyl (C=O) groups excluding carboxylic acids is 1. The summed E-state index contributed by atoms with van der Waals surface area (Å²) in [7, 11) is 3.74. The summed E-state index contributed by atoms with van der Waals surface area (Å²) in [6, 6.07) is 12.1. The average Bonchev–Trinajstić information content (AvgIpc) is 3.10. The topological polar surface area (TPSA) is 71.8 Å². The first kappa shape index (κ1) is 21.3. The van der Waals surface area contributed by atoms with E-state index in [1.165, 1.54) is 0 Å². The van der Waals surface area contributed by atoms with Gasteiger partial charge >= 0.3 is 0 Å². The molecule has 0 amide bonds. The van der Waals surface area contributed by atoms with Crippen LogP contribution in [0.3, 0.4) is 0 Å². The Morgan fingerprint density at radius 1 is 1.17 bits per heavy atom. The molecule has 0 saturated carbocycles. The molecule has 30 heavy (non-hydrogen) atoms. The van der Waals surface area contributed by atoms with Crippen LogP contribution in [0.25, 0.3) is 16.9 Å². The fraction of sp³-hybridized carbons (Fsp3) is 0.292. The Balaban J connectivity index is 2.10. The first-order chi connectivity index (χ1) is 14.5. The van der Waals surface area contributed by atoms with Gasteiger partial charge in [0.15, 0.2) is 5.78 Å². The molecule has 0 saturated heterocycles. The number of hydrogen-bond acceptors (Lipinski definition) is 5. The zero-order valence-corrected chi connectivity index (χ0v) is 18.3. The van der Waals surface area contributed by atoms with Crippen LogP contribution in [-0.4, -0.2) is 34.6 Å². The summed E-state index contributed by atoms with van der Waals surface area (Å²) >= 11 is 0. The van der Waals surface area contributed by atoms with Crippen LogP contribution in [0.1, 0.15) is 31.4 Å². The molecule has 0 fully saturated rings. The molecule has 0 spiro atoms. The van der Waals surface area contributed by atoms with E-state index < -0.39 is 0 Å². The fourth-order valence-electron chi connectivity index (χ4n) is 3.61. The lowest BCUT2D eigenvalue weighted by Crippen LogP contribution is -2.05. The molecule has 0 unspecified atom stereocenters. The predicted molar refractivity (Wildman–Crippen MR) is 123 cm³/mol. The third-order valence-corrected chi connectivity index (χ3v) is 5.12. The molecule has 0 aliphatic heterocycles. The summed E-state index contributed by atoms with van der Waals surface area (Å²) in [6.45, 7) is 5.70.